The monoisotopic (exact) mass is 346 g/mol. The maximum atomic E-state index is 12.0. The van der Waals surface area contributed by atoms with Gasteiger partial charge in [-0.3, -0.25) is 9.59 Å². The first-order chi connectivity index (χ1) is 11.6. The maximum Gasteiger partial charge on any atom is 0.252 e. The van der Waals surface area contributed by atoms with Gasteiger partial charge in [-0.05, 0) is 30.5 Å². The van der Waals surface area contributed by atoms with Crippen molar-refractivity contribution in [2.45, 2.75) is 13.3 Å². The molecule has 0 aliphatic rings. The normalized spacial score (nSPS) is 10.2. The van der Waals surface area contributed by atoms with Crippen LogP contribution in [0.15, 0.2) is 41.1 Å². The van der Waals surface area contributed by atoms with Gasteiger partial charge in [-0.2, -0.15) is 11.3 Å². The third kappa shape index (κ3) is 5.70. The van der Waals surface area contributed by atoms with Gasteiger partial charge in [0.05, 0.1) is 6.54 Å². The van der Waals surface area contributed by atoms with Crippen LogP contribution in [0.2, 0.25) is 0 Å². The molecule has 0 radical (unpaired) electrons. The minimum Gasteiger partial charge on any atom is -0.492 e. The Bertz CT molecular complexity index is 653. The van der Waals surface area contributed by atoms with Crippen LogP contribution in [0, 0.1) is 6.92 Å². The Morgan fingerprint density at radius 3 is 2.62 bits per heavy atom. The van der Waals surface area contributed by atoms with Crippen LogP contribution in [0.1, 0.15) is 22.3 Å². The molecule has 0 atom stereocenters. The Balaban J connectivity index is 1.63. The van der Waals surface area contributed by atoms with E-state index >= 15 is 0 Å². The fourth-order valence-corrected chi connectivity index (χ4v) is 2.67. The average Bonchev–Trinajstić information content (AvgIpc) is 3.11. The highest BCUT2D eigenvalue weighted by molar-refractivity contribution is 7.08. The molecule has 1 aromatic carbocycles. The lowest BCUT2D eigenvalue weighted by Crippen LogP contribution is -2.34. The van der Waals surface area contributed by atoms with Gasteiger partial charge in [-0.25, -0.2) is 0 Å². The van der Waals surface area contributed by atoms with Crippen molar-refractivity contribution in [3.63, 3.8) is 0 Å². The van der Waals surface area contributed by atoms with Crippen molar-refractivity contribution < 1.29 is 14.3 Å². The van der Waals surface area contributed by atoms with E-state index in [-0.39, 0.29) is 18.2 Å². The molecule has 1 heterocycles. The molecule has 0 bridgehead atoms. The second-order valence-corrected chi connectivity index (χ2v) is 6.27. The smallest absolute Gasteiger partial charge is 0.252 e. The molecule has 1 aromatic heterocycles. The van der Waals surface area contributed by atoms with E-state index in [9.17, 15) is 9.59 Å². The Hall–Kier alpha value is -2.34. The molecule has 0 saturated heterocycles. The zero-order chi connectivity index (χ0) is 17.4. The molecule has 2 rings (SSSR count). The van der Waals surface area contributed by atoms with E-state index in [1.54, 1.807) is 23.4 Å². The van der Waals surface area contributed by atoms with Gasteiger partial charge in [0.2, 0.25) is 5.91 Å². The second kappa shape index (κ2) is 9.08. The first-order valence-electron chi connectivity index (χ1n) is 7.80. The molecule has 0 aliphatic heterocycles. The van der Waals surface area contributed by atoms with E-state index in [2.05, 4.69) is 5.32 Å². The number of carbonyl (C=O) groups excluding carboxylic acids is 2. The minimum absolute atomic E-state index is 0.0203. The van der Waals surface area contributed by atoms with Crippen molar-refractivity contribution in [3.05, 3.63) is 52.2 Å². The summed E-state index contributed by atoms with van der Waals surface area (Å²) in [7, 11) is 1.74. The fraction of sp³-hybridized carbons (Fsp3) is 0.333. The van der Waals surface area contributed by atoms with Crippen molar-refractivity contribution in [1.29, 1.82) is 0 Å². The molecule has 2 aromatic rings. The number of carbonyl (C=O) groups is 2. The highest BCUT2D eigenvalue weighted by Crippen LogP contribution is 2.11. The molecule has 24 heavy (non-hydrogen) atoms. The van der Waals surface area contributed by atoms with Crippen LogP contribution in [0.25, 0.3) is 0 Å². The molecular weight excluding hydrogens is 324 g/mol. The number of nitrogens with one attached hydrogen (secondary N) is 1. The molecule has 0 spiro atoms. The number of hydrogen-bond donors (Lipinski definition) is 1. The Kier molecular flexibility index (Phi) is 6.81. The molecular formula is C18H22N2O3S. The van der Waals surface area contributed by atoms with Gasteiger partial charge in [-0.15, -0.1) is 0 Å². The third-order valence-corrected chi connectivity index (χ3v) is 4.23. The topological polar surface area (TPSA) is 58.6 Å². The highest BCUT2D eigenvalue weighted by Gasteiger charge is 2.10. The van der Waals surface area contributed by atoms with Gasteiger partial charge in [0.1, 0.15) is 12.4 Å². The first-order valence-corrected chi connectivity index (χ1v) is 8.74. The summed E-state index contributed by atoms with van der Waals surface area (Å²) in [5.74, 6) is 0.631. The zero-order valence-corrected chi connectivity index (χ0v) is 14.8. The van der Waals surface area contributed by atoms with Gasteiger partial charge < -0.3 is 15.0 Å². The standard InChI is InChI=1S/C18H22N2O3S/c1-14-3-5-16(6-4-14)23-11-10-20(2)17(21)7-9-19-18(22)15-8-12-24-13-15/h3-6,8,12-13H,7,9-11H2,1-2H3,(H,19,22). The van der Waals surface area contributed by atoms with Gasteiger partial charge in [-0.1, -0.05) is 17.7 Å². The summed E-state index contributed by atoms with van der Waals surface area (Å²) in [5, 5.41) is 6.38. The molecule has 0 aliphatic carbocycles. The van der Waals surface area contributed by atoms with E-state index in [0.29, 0.717) is 25.3 Å². The van der Waals surface area contributed by atoms with Gasteiger partial charge >= 0.3 is 0 Å². The predicted octanol–water partition coefficient (Wildman–Crippen LogP) is 2.71. The van der Waals surface area contributed by atoms with E-state index < -0.39 is 0 Å². The molecule has 0 unspecified atom stereocenters. The highest BCUT2D eigenvalue weighted by atomic mass is 32.1. The Morgan fingerprint density at radius 1 is 1.21 bits per heavy atom. The summed E-state index contributed by atoms with van der Waals surface area (Å²) in [5.41, 5.74) is 1.81. The van der Waals surface area contributed by atoms with Crippen LogP contribution in [-0.4, -0.2) is 43.5 Å². The van der Waals surface area contributed by atoms with Crippen LogP contribution < -0.4 is 10.1 Å². The lowest BCUT2D eigenvalue weighted by Gasteiger charge is -2.17. The number of hydrogen-bond acceptors (Lipinski definition) is 4. The number of aryl methyl sites for hydroxylation is 1. The van der Waals surface area contributed by atoms with E-state index in [0.717, 1.165) is 5.75 Å². The third-order valence-electron chi connectivity index (χ3n) is 3.55. The number of thiophene rings is 1. The summed E-state index contributed by atoms with van der Waals surface area (Å²) in [6.07, 6.45) is 0.275. The largest absolute Gasteiger partial charge is 0.492 e. The number of amides is 2. The lowest BCUT2D eigenvalue weighted by molar-refractivity contribution is -0.130. The molecule has 6 heteroatoms. The molecule has 0 saturated carbocycles. The van der Waals surface area contributed by atoms with Crippen LogP contribution in [0.5, 0.6) is 5.75 Å². The summed E-state index contributed by atoms with van der Waals surface area (Å²) >= 11 is 1.47. The fourth-order valence-electron chi connectivity index (χ4n) is 2.03. The molecule has 0 fully saturated rings. The van der Waals surface area contributed by atoms with Gasteiger partial charge in [0.15, 0.2) is 0 Å². The summed E-state index contributed by atoms with van der Waals surface area (Å²) < 4.78 is 5.61. The van der Waals surface area contributed by atoms with Crippen molar-refractivity contribution in [1.82, 2.24) is 10.2 Å². The summed E-state index contributed by atoms with van der Waals surface area (Å²) in [4.78, 5) is 25.4. The summed E-state index contributed by atoms with van der Waals surface area (Å²) in [6.45, 7) is 3.29. The summed E-state index contributed by atoms with van der Waals surface area (Å²) in [6, 6.07) is 9.56. The van der Waals surface area contributed by atoms with Crippen LogP contribution in [0.3, 0.4) is 0 Å². The van der Waals surface area contributed by atoms with Crippen molar-refractivity contribution >= 4 is 23.2 Å². The SMILES string of the molecule is Cc1ccc(OCCN(C)C(=O)CCNC(=O)c2ccsc2)cc1. The predicted molar refractivity (Wildman–Crippen MR) is 95.6 cm³/mol. The zero-order valence-electron chi connectivity index (χ0n) is 14.0. The molecule has 5 nitrogen and oxygen atoms in total. The Labute approximate surface area is 146 Å². The first kappa shape index (κ1) is 18.0. The van der Waals surface area contributed by atoms with E-state index in [4.69, 9.17) is 4.74 Å². The minimum atomic E-state index is -0.144. The van der Waals surface area contributed by atoms with Crippen LogP contribution in [-0.2, 0) is 4.79 Å². The van der Waals surface area contributed by atoms with Gasteiger partial charge in [0, 0.05) is 31.0 Å². The van der Waals surface area contributed by atoms with Crippen LogP contribution in [0.4, 0.5) is 0 Å². The lowest BCUT2D eigenvalue weighted by atomic mass is 10.2. The number of ether oxygens (including phenoxy) is 1. The number of rotatable bonds is 8. The maximum absolute atomic E-state index is 12.0. The Morgan fingerprint density at radius 2 is 1.96 bits per heavy atom. The van der Waals surface area contributed by atoms with Crippen molar-refractivity contribution in [3.8, 4) is 5.75 Å². The quantitative estimate of drug-likeness (QED) is 0.799. The van der Waals surface area contributed by atoms with Crippen LogP contribution >= 0.6 is 11.3 Å². The number of benzene rings is 1. The van der Waals surface area contributed by atoms with Gasteiger partial charge in [0.25, 0.3) is 5.91 Å². The molecule has 1 N–H and O–H groups in total. The second-order valence-electron chi connectivity index (χ2n) is 5.49. The number of likely N-dealkylation sites (N-methyl/N-ethyl adjacent to an activating group) is 1. The van der Waals surface area contributed by atoms with E-state index in [1.165, 1.54) is 16.9 Å². The van der Waals surface area contributed by atoms with Crippen molar-refractivity contribution in [2.24, 2.45) is 0 Å². The molecule has 128 valence electrons. The number of nitrogens with zero attached hydrogens (tertiary/aromatic N) is 1. The average molecular weight is 346 g/mol. The van der Waals surface area contributed by atoms with Crippen molar-refractivity contribution in [2.75, 3.05) is 26.7 Å². The molecule has 2 amide bonds. The van der Waals surface area contributed by atoms with E-state index in [1.807, 2.05) is 36.6 Å².